The molecular weight excluding hydrogens is 158 g/mol. The molecule has 0 saturated heterocycles. The van der Waals surface area contributed by atoms with Crippen molar-refractivity contribution < 1.29 is 0 Å². The second-order valence-corrected chi connectivity index (χ2v) is 5.64. The smallest absolute Gasteiger partial charge is 0.0126 e. The maximum atomic E-state index is 3.91. The zero-order chi connectivity index (χ0) is 8.84. The monoisotopic (exact) mass is 179 g/mol. The Morgan fingerprint density at radius 2 is 1.54 bits per heavy atom. The van der Waals surface area contributed by atoms with Crippen LogP contribution in [-0.4, -0.2) is 12.1 Å². The Kier molecular flexibility index (Phi) is 1.90. The molecule has 3 saturated carbocycles. The lowest BCUT2D eigenvalue weighted by Crippen LogP contribution is -2.47. The molecule has 3 aliphatic carbocycles. The van der Waals surface area contributed by atoms with Crippen LogP contribution in [0.5, 0.6) is 0 Å². The molecule has 0 aromatic heterocycles. The molecular formula is C12H21N. The van der Waals surface area contributed by atoms with Gasteiger partial charge >= 0.3 is 0 Å². The van der Waals surface area contributed by atoms with Gasteiger partial charge in [-0.05, 0) is 56.3 Å². The van der Waals surface area contributed by atoms with Crippen LogP contribution in [0, 0.1) is 17.8 Å². The van der Waals surface area contributed by atoms with Crippen molar-refractivity contribution in [2.24, 2.45) is 17.8 Å². The molecule has 0 aromatic rings. The summed E-state index contributed by atoms with van der Waals surface area (Å²) in [7, 11) is 0. The molecule has 0 radical (unpaired) electrons. The Balaban J connectivity index is 1.50. The molecule has 0 atom stereocenters. The highest BCUT2D eigenvalue weighted by Gasteiger charge is 2.43. The van der Waals surface area contributed by atoms with E-state index in [2.05, 4.69) is 12.2 Å². The molecule has 0 aliphatic heterocycles. The summed E-state index contributed by atoms with van der Waals surface area (Å²) in [6.45, 7) is 2.38. The van der Waals surface area contributed by atoms with Gasteiger partial charge in [-0.25, -0.2) is 0 Å². The third kappa shape index (κ3) is 1.76. The van der Waals surface area contributed by atoms with E-state index < -0.39 is 0 Å². The van der Waals surface area contributed by atoms with Crippen molar-refractivity contribution in [3.05, 3.63) is 0 Å². The van der Waals surface area contributed by atoms with Gasteiger partial charge in [-0.1, -0.05) is 6.92 Å². The lowest BCUT2D eigenvalue weighted by Gasteiger charge is -2.37. The summed E-state index contributed by atoms with van der Waals surface area (Å²) in [5.41, 5.74) is 0. The number of nitrogens with one attached hydrogen (secondary N) is 1. The van der Waals surface area contributed by atoms with Gasteiger partial charge in [0, 0.05) is 12.1 Å². The maximum absolute atomic E-state index is 3.91. The summed E-state index contributed by atoms with van der Waals surface area (Å²) in [6, 6.07) is 1.82. The molecule has 3 aliphatic rings. The van der Waals surface area contributed by atoms with Gasteiger partial charge in [0.25, 0.3) is 0 Å². The number of hydrogen-bond donors (Lipinski definition) is 1. The van der Waals surface area contributed by atoms with Crippen LogP contribution < -0.4 is 5.32 Å². The van der Waals surface area contributed by atoms with E-state index in [-0.39, 0.29) is 0 Å². The quantitative estimate of drug-likeness (QED) is 0.699. The van der Waals surface area contributed by atoms with Gasteiger partial charge < -0.3 is 5.32 Å². The molecule has 3 rings (SSSR count). The van der Waals surface area contributed by atoms with E-state index >= 15 is 0 Å². The summed E-state index contributed by atoms with van der Waals surface area (Å²) in [6.07, 6.45) is 8.92. The molecule has 0 amide bonds. The summed E-state index contributed by atoms with van der Waals surface area (Å²) in [5, 5.41) is 3.91. The Morgan fingerprint density at radius 3 is 1.92 bits per heavy atom. The second kappa shape index (κ2) is 2.98. The van der Waals surface area contributed by atoms with E-state index in [1.165, 1.54) is 38.5 Å². The van der Waals surface area contributed by atoms with E-state index in [0.717, 1.165) is 29.8 Å². The summed E-state index contributed by atoms with van der Waals surface area (Å²) < 4.78 is 0. The average molecular weight is 179 g/mol. The summed E-state index contributed by atoms with van der Waals surface area (Å²) in [5.74, 6) is 3.14. The predicted octanol–water partition coefficient (Wildman–Crippen LogP) is 2.56. The highest BCUT2D eigenvalue weighted by molar-refractivity contribution is 4.99. The van der Waals surface area contributed by atoms with Crippen LogP contribution in [-0.2, 0) is 0 Å². The van der Waals surface area contributed by atoms with Crippen molar-refractivity contribution in [2.75, 3.05) is 0 Å². The molecule has 0 unspecified atom stereocenters. The molecule has 1 nitrogen and oxygen atoms in total. The van der Waals surface area contributed by atoms with Crippen molar-refractivity contribution in [1.82, 2.24) is 5.32 Å². The van der Waals surface area contributed by atoms with E-state index in [1.807, 2.05) is 0 Å². The Hall–Kier alpha value is -0.0400. The van der Waals surface area contributed by atoms with E-state index in [4.69, 9.17) is 0 Å². The topological polar surface area (TPSA) is 12.0 Å². The van der Waals surface area contributed by atoms with E-state index in [0.29, 0.717) is 0 Å². The van der Waals surface area contributed by atoms with Gasteiger partial charge in [0.2, 0.25) is 0 Å². The fourth-order valence-electron chi connectivity index (χ4n) is 2.88. The first kappa shape index (κ1) is 8.28. The van der Waals surface area contributed by atoms with Crippen molar-refractivity contribution in [2.45, 2.75) is 57.5 Å². The molecule has 74 valence electrons. The SMILES string of the molecule is CC1CC(NC(C2CC2)C2CC2)C1. The maximum Gasteiger partial charge on any atom is 0.0126 e. The molecule has 0 bridgehead atoms. The van der Waals surface area contributed by atoms with Crippen LogP contribution in [0.25, 0.3) is 0 Å². The molecule has 0 aromatic carbocycles. The lowest BCUT2D eigenvalue weighted by molar-refractivity contribution is 0.206. The fraction of sp³-hybridized carbons (Fsp3) is 1.00. The first-order chi connectivity index (χ1) is 6.33. The summed E-state index contributed by atoms with van der Waals surface area (Å²) >= 11 is 0. The van der Waals surface area contributed by atoms with E-state index in [9.17, 15) is 0 Å². The number of hydrogen-bond acceptors (Lipinski definition) is 1. The van der Waals surface area contributed by atoms with Gasteiger partial charge in [-0.15, -0.1) is 0 Å². The minimum Gasteiger partial charge on any atom is -0.311 e. The Morgan fingerprint density at radius 1 is 1.00 bits per heavy atom. The zero-order valence-electron chi connectivity index (χ0n) is 8.63. The summed E-state index contributed by atoms with van der Waals surface area (Å²) in [4.78, 5) is 0. The zero-order valence-corrected chi connectivity index (χ0v) is 8.63. The standard InChI is InChI=1S/C12H21N/c1-8-6-11(7-8)13-12(9-2-3-9)10-4-5-10/h8-13H,2-7H2,1H3. The molecule has 3 fully saturated rings. The van der Waals surface area contributed by atoms with Crippen molar-refractivity contribution in [3.8, 4) is 0 Å². The van der Waals surface area contributed by atoms with Gasteiger partial charge in [0.15, 0.2) is 0 Å². The van der Waals surface area contributed by atoms with E-state index in [1.54, 1.807) is 0 Å². The fourth-order valence-corrected chi connectivity index (χ4v) is 2.88. The van der Waals surface area contributed by atoms with Gasteiger partial charge in [-0.2, -0.15) is 0 Å². The van der Waals surface area contributed by atoms with Gasteiger partial charge in [0.1, 0.15) is 0 Å². The van der Waals surface area contributed by atoms with Gasteiger partial charge in [-0.3, -0.25) is 0 Å². The van der Waals surface area contributed by atoms with Gasteiger partial charge in [0.05, 0.1) is 0 Å². The first-order valence-electron chi connectivity index (χ1n) is 6.09. The highest BCUT2D eigenvalue weighted by atomic mass is 15.0. The Bertz CT molecular complexity index is 175. The van der Waals surface area contributed by atoms with Crippen LogP contribution in [0.2, 0.25) is 0 Å². The molecule has 1 N–H and O–H groups in total. The van der Waals surface area contributed by atoms with Crippen LogP contribution in [0.1, 0.15) is 45.4 Å². The normalized spacial score (nSPS) is 39.2. The van der Waals surface area contributed by atoms with Crippen LogP contribution >= 0.6 is 0 Å². The van der Waals surface area contributed by atoms with Crippen LogP contribution in [0.4, 0.5) is 0 Å². The minimum absolute atomic E-state index is 0.890. The minimum atomic E-state index is 0.890. The predicted molar refractivity (Wildman–Crippen MR) is 54.6 cm³/mol. The van der Waals surface area contributed by atoms with Crippen LogP contribution in [0.15, 0.2) is 0 Å². The largest absolute Gasteiger partial charge is 0.311 e. The van der Waals surface area contributed by atoms with Crippen molar-refractivity contribution in [3.63, 3.8) is 0 Å². The molecule has 0 spiro atoms. The Labute approximate surface area is 81.3 Å². The van der Waals surface area contributed by atoms with Crippen molar-refractivity contribution in [1.29, 1.82) is 0 Å². The average Bonchev–Trinajstić information content (AvgIpc) is 2.85. The third-order valence-corrected chi connectivity index (χ3v) is 4.06. The lowest BCUT2D eigenvalue weighted by atomic mass is 9.81. The molecule has 0 heterocycles. The highest BCUT2D eigenvalue weighted by Crippen LogP contribution is 2.45. The van der Waals surface area contributed by atoms with Crippen molar-refractivity contribution >= 4 is 0 Å². The number of rotatable bonds is 4. The second-order valence-electron chi connectivity index (χ2n) is 5.64. The molecule has 1 heteroatoms. The van der Waals surface area contributed by atoms with Crippen LogP contribution in [0.3, 0.4) is 0 Å². The third-order valence-electron chi connectivity index (χ3n) is 4.06. The first-order valence-corrected chi connectivity index (χ1v) is 6.09. The molecule has 13 heavy (non-hydrogen) atoms.